The molecule has 0 unspecified atom stereocenters. The van der Waals surface area contributed by atoms with E-state index in [9.17, 15) is 0 Å². The maximum absolute atomic E-state index is 5.24. The number of pyridine rings is 1. The van der Waals surface area contributed by atoms with Gasteiger partial charge in [-0.15, -0.1) is 0 Å². The Morgan fingerprint density at radius 3 is 1.85 bits per heavy atom. The summed E-state index contributed by atoms with van der Waals surface area (Å²) >= 11 is 0. The quantitative estimate of drug-likeness (QED) is 0.188. The molecule has 0 radical (unpaired) electrons. The minimum Gasteiger partial charge on any atom is -0.256 e. The number of rotatable bonds is 4. The van der Waals surface area contributed by atoms with Crippen LogP contribution in [0.3, 0.4) is 0 Å². The number of hydrogen-bond donors (Lipinski definition) is 0. The first-order valence-corrected chi connectivity index (χ1v) is 16.0. The van der Waals surface area contributed by atoms with Crippen LogP contribution in [0.25, 0.3) is 78.1 Å². The third kappa shape index (κ3) is 4.37. The Morgan fingerprint density at radius 1 is 0.426 bits per heavy atom. The second-order valence-corrected chi connectivity index (χ2v) is 12.7. The summed E-state index contributed by atoms with van der Waals surface area (Å²) in [5.74, 6) is 1.91. The zero-order valence-corrected chi connectivity index (χ0v) is 26.1. The van der Waals surface area contributed by atoms with Gasteiger partial charge in [0.25, 0.3) is 0 Å². The summed E-state index contributed by atoms with van der Waals surface area (Å²) in [6.45, 7) is 4.60. The van der Waals surface area contributed by atoms with Crippen LogP contribution in [0.4, 0.5) is 0 Å². The van der Waals surface area contributed by atoms with Crippen LogP contribution >= 0.6 is 0 Å². The van der Waals surface area contributed by atoms with Crippen LogP contribution in [0.15, 0.2) is 146 Å². The van der Waals surface area contributed by atoms with Crippen molar-refractivity contribution >= 4 is 21.5 Å². The zero-order chi connectivity index (χ0) is 31.5. The van der Waals surface area contributed by atoms with E-state index in [1.807, 2.05) is 36.5 Å². The third-order valence-corrected chi connectivity index (χ3v) is 9.59. The first-order chi connectivity index (χ1) is 23.1. The van der Waals surface area contributed by atoms with Crippen LogP contribution in [-0.2, 0) is 5.41 Å². The molecule has 0 bridgehead atoms. The van der Waals surface area contributed by atoms with Gasteiger partial charge in [0.15, 0.2) is 17.5 Å². The van der Waals surface area contributed by atoms with Crippen LogP contribution in [0, 0.1) is 0 Å². The van der Waals surface area contributed by atoms with Gasteiger partial charge >= 0.3 is 0 Å². The van der Waals surface area contributed by atoms with E-state index in [4.69, 9.17) is 15.0 Å². The Balaban J connectivity index is 1.31. The van der Waals surface area contributed by atoms with Crippen molar-refractivity contribution in [2.75, 3.05) is 0 Å². The standard InChI is InChI=1S/C43H30N4/c1-43(2)37-20-10-9-17-32(37)33-23-22-28(26-38(33)43)40-45-41(35-19-8-7-18-34(35)39-21-11-12-24-44-39)47-42(46-40)36-25-27-13-3-4-14-29(27)30-15-5-6-16-31(30)36/h3-26H,1-2H3. The molecule has 2 aromatic heterocycles. The summed E-state index contributed by atoms with van der Waals surface area (Å²) in [6.07, 6.45) is 1.82. The van der Waals surface area contributed by atoms with Gasteiger partial charge in [0.1, 0.15) is 0 Å². The van der Waals surface area contributed by atoms with E-state index >= 15 is 0 Å². The van der Waals surface area contributed by atoms with Crippen molar-refractivity contribution < 1.29 is 0 Å². The molecule has 1 aliphatic rings. The van der Waals surface area contributed by atoms with E-state index in [-0.39, 0.29) is 5.41 Å². The smallest absolute Gasteiger partial charge is 0.164 e. The largest absolute Gasteiger partial charge is 0.256 e. The maximum atomic E-state index is 5.24. The van der Waals surface area contributed by atoms with Gasteiger partial charge in [0.05, 0.1) is 5.69 Å². The number of aromatic nitrogens is 4. The fourth-order valence-electron chi connectivity index (χ4n) is 7.25. The molecular formula is C43H30N4. The molecule has 2 heterocycles. The van der Waals surface area contributed by atoms with Crippen LogP contribution in [0.2, 0.25) is 0 Å². The molecular weight excluding hydrogens is 573 g/mol. The van der Waals surface area contributed by atoms with Gasteiger partial charge in [-0.2, -0.15) is 0 Å². The molecule has 0 spiro atoms. The lowest BCUT2D eigenvalue weighted by atomic mass is 9.82. The van der Waals surface area contributed by atoms with Crippen molar-refractivity contribution in [1.82, 2.24) is 19.9 Å². The summed E-state index contributed by atoms with van der Waals surface area (Å²) in [7, 11) is 0. The maximum Gasteiger partial charge on any atom is 0.164 e. The van der Waals surface area contributed by atoms with E-state index in [1.165, 1.54) is 33.0 Å². The number of benzene rings is 6. The molecule has 0 saturated heterocycles. The molecule has 0 atom stereocenters. The van der Waals surface area contributed by atoms with E-state index in [0.29, 0.717) is 17.5 Å². The Kier molecular flexibility index (Phi) is 6.12. The molecule has 47 heavy (non-hydrogen) atoms. The second kappa shape index (κ2) is 10.5. The van der Waals surface area contributed by atoms with E-state index in [0.717, 1.165) is 38.7 Å². The van der Waals surface area contributed by atoms with E-state index < -0.39 is 0 Å². The minimum atomic E-state index is -0.138. The fraction of sp³-hybridized carbons (Fsp3) is 0.0698. The molecule has 0 N–H and O–H groups in total. The van der Waals surface area contributed by atoms with Gasteiger partial charge in [-0.3, -0.25) is 4.98 Å². The fourth-order valence-corrected chi connectivity index (χ4v) is 7.25. The molecule has 0 saturated carbocycles. The lowest BCUT2D eigenvalue weighted by Crippen LogP contribution is -2.15. The summed E-state index contributed by atoms with van der Waals surface area (Å²) < 4.78 is 0. The molecule has 4 heteroatoms. The van der Waals surface area contributed by atoms with Crippen molar-refractivity contribution in [3.05, 3.63) is 157 Å². The zero-order valence-electron chi connectivity index (χ0n) is 26.1. The monoisotopic (exact) mass is 602 g/mol. The molecule has 0 amide bonds. The highest BCUT2D eigenvalue weighted by Crippen LogP contribution is 2.49. The van der Waals surface area contributed by atoms with Crippen molar-refractivity contribution in [3.8, 4) is 56.5 Å². The average molecular weight is 603 g/mol. The summed E-state index contributed by atoms with van der Waals surface area (Å²) in [5.41, 5.74) is 9.76. The first-order valence-electron chi connectivity index (χ1n) is 16.0. The second-order valence-electron chi connectivity index (χ2n) is 12.7. The SMILES string of the molecule is CC1(C)c2ccccc2-c2ccc(-c3nc(-c4ccccc4-c4ccccn4)nc(-c4cc5ccccc5c5ccccc45)n3)cc21. The molecule has 0 aliphatic heterocycles. The molecule has 222 valence electrons. The predicted molar refractivity (Wildman–Crippen MR) is 192 cm³/mol. The lowest BCUT2D eigenvalue weighted by molar-refractivity contribution is 0.660. The molecule has 8 aromatic rings. The molecule has 4 nitrogen and oxygen atoms in total. The lowest BCUT2D eigenvalue weighted by Gasteiger charge is -2.22. The van der Waals surface area contributed by atoms with Gasteiger partial charge < -0.3 is 0 Å². The Labute approximate surface area is 273 Å². The van der Waals surface area contributed by atoms with Crippen molar-refractivity contribution in [2.24, 2.45) is 0 Å². The third-order valence-electron chi connectivity index (χ3n) is 9.59. The van der Waals surface area contributed by atoms with Crippen LogP contribution in [0.5, 0.6) is 0 Å². The predicted octanol–water partition coefficient (Wildman–Crippen LogP) is 10.5. The van der Waals surface area contributed by atoms with Gasteiger partial charge in [0, 0.05) is 33.9 Å². The highest BCUT2D eigenvalue weighted by molar-refractivity contribution is 6.13. The molecule has 9 rings (SSSR count). The average Bonchev–Trinajstić information content (AvgIpc) is 3.37. The summed E-state index contributed by atoms with van der Waals surface area (Å²) in [5, 5.41) is 4.64. The Morgan fingerprint density at radius 2 is 1.04 bits per heavy atom. The minimum absolute atomic E-state index is 0.138. The van der Waals surface area contributed by atoms with Gasteiger partial charge in [-0.05, 0) is 68.1 Å². The van der Waals surface area contributed by atoms with E-state index in [2.05, 4.69) is 128 Å². The van der Waals surface area contributed by atoms with Crippen molar-refractivity contribution in [3.63, 3.8) is 0 Å². The van der Waals surface area contributed by atoms with Crippen LogP contribution < -0.4 is 0 Å². The van der Waals surface area contributed by atoms with Gasteiger partial charge in [-0.1, -0.05) is 129 Å². The van der Waals surface area contributed by atoms with E-state index in [1.54, 1.807) is 0 Å². The first kappa shape index (κ1) is 27.3. The topological polar surface area (TPSA) is 51.6 Å². The van der Waals surface area contributed by atoms with Crippen molar-refractivity contribution in [1.29, 1.82) is 0 Å². The van der Waals surface area contributed by atoms with Gasteiger partial charge in [-0.25, -0.2) is 15.0 Å². The summed E-state index contributed by atoms with van der Waals surface area (Å²) in [4.78, 5) is 20.3. The highest BCUT2D eigenvalue weighted by Gasteiger charge is 2.35. The highest BCUT2D eigenvalue weighted by atomic mass is 15.0. The Bertz CT molecular complexity index is 2500. The van der Waals surface area contributed by atoms with Gasteiger partial charge in [0.2, 0.25) is 0 Å². The Hall–Kier alpha value is -6.00. The molecule has 0 fully saturated rings. The van der Waals surface area contributed by atoms with Crippen LogP contribution in [-0.4, -0.2) is 19.9 Å². The number of nitrogens with zero attached hydrogens (tertiary/aromatic N) is 4. The molecule has 1 aliphatic carbocycles. The molecule has 6 aromatic carbocycles. The van der Waals surface area contributed by atoms with Crippen LogP contribution in [0.1, 0.15) is 25.0 Å². The number of fused-ring (bicyclic) bond motifs is 6. The number of hydrogen-bond acceptors (Lipinski definition) is 4. The van der Waals surface area contributed by atoms with Crippen molar-refractivity contribution in [2.45, 2.75) is 19.3 Å². The normalized spacial score (nSPS) is 13.1. The summed E-state index contributed by atoms with van der Waals surface area (Å²) in [6, 6.07) is 48.8.